The Bertz CT molecular complexity index is 521. The number of nitrogens with zero attached hydrogens (tertiary/aromatic N) is 1. The standard InChI is InChI=1S/C12H14FN3O3/c13-9-3-1-2-8(11(17)18)10(9)15-12(19)16-5-4-7(14)6-16/h1-3,7H,4-6,14H2,(H,15,19)(H,17,18). The Balaban J connectivity index is 2.19. The lowest BCUT2D eigenvalue weighted by atomic mass is 10.1. The van der Waals surface area contributed by atoms with Crippen LogP contribution in [0.3, 0.4) is 0 Å². The molecule has 102 valence electrons. The minimum absolute atomic E-state index is 0.0923. The highest BCUT2D eigenvalue weighted by atomic mass is 19.1. The van der Waals surface area contributed by atoms with Crippen molar-refractivity contribution in [3.05, 3.63) is 29.6 Å². The first kappa shape index (κ1) is 13.3. The summed E-state index contributed by atoms with van der Waals surface area (Å²) in [4.78, 5) is 24.3. The molecule has 2 amide bonds. The van der Waals surface area contributed by atoms with Crippen LogP contribution in [-0.2, 0) is 0 Å². The minimum atomic E-state index is -1.30. The number of nitrogens with one attached hydrogen (secondary N) is 1. The Labute approximate surface area is 109 Å². The molecule has 1 aliphatic heterocycles. The average Bonchev–Trinajstić information content (AvgIpc) is 2.78. The largest absolute Gasteiger partial charge is 0.478 e. The van der Waals surface area contributed by atoms with Gasteiger partial charge in [-0.1, -0.05) is 6.07 Å². The number of rotatable bonds is 2. The number of halogens is 1. The van der Waals surface area contributed by atoms with Gasteiger partial charge in [0.25, 0.3) is 0 Å². The first-order valence-electron chi connectivity index (χ1n) is 5.82. The van der Waals surface area contributed by atoms with E-state index in [-0.39, 0.29) is 17.3 Å². The number of carboxylic acid groups (broad SMARTS) is 1. The van der Waals surface area contributed by atoms with Crippen molar-refractivity contribution in [1.82, 2.24) is 4.90 Å². The maximum absolute atomic E-state index is 13.6. The van der Waals surface area contributed by atoms with Gasteiger partial charge in [-0.15, -0.1) is 0 Å². The van der Waals surface area contributed by atoms with Gasteiger partial charge in [0, 0.05) is 19.1 Å². The first-order valence-corrected chi connectivity index (χ1v) is 5.82. The second-order valence-electron chi connectivity index (χ2n) is 4.39. The molecule has 1 atom stereocenters. The van der Waals surface area contributed by atoms with Gasteiger partial charge in [-0.2, -0.15) is 0 Å². The third-order valence-corrected chi connectivity index (χ3v) is 2.99. The number of amides is 2. The molecule has 7 heteroatoms. The van der Waals surface area contributed by atoms with Crippen molar-refractivity contribution in [2.24, 2.45) is 5.73 Å². The van der Waals surface area contributed by atoms with E-state index in [4.69, 9.17) is 10.8 Å². The number of urea groups is 1. The second kappa shape index (κ2) is 5.23. The number of likely N-dealkylation sites (tertiary alicyclic amines) is 1. The van der Waals surface area contributed by atoms with Crippen LogP contribution < -0.4 is 11.1 Å². The smallest absolute Gasteiger partial charge is 0.337 e. The van der Waals surface area contributed by atoms with Gasteiger partial charge in [0.15, 0.2) is 0 Å². The lowest BCUT2D eigenvalue weighted by Crippen LogP contribution is -2.35. The number of hydrogen-bond donors (Lipinski definition) is 3. The van der Waals surface area contributed by atoms with E-state index in [0.717, 1.165) is 6.07 Å². The van der Waals surface area contributed by atoms with Gasteiger partial charge in [-0.05, 0) is 18.6 Å². The van der Waals surface area contributed by atoms with Gasteiger partial charge in [0.1, 0.15) is 5.82 Å². The van der Waals surface area contributed by atoms with Crippen LogP contribution >= 0.6 is 0 Å². The number of nitrogens with two attached hydrogens (primary N) is 1. The Morgan fingerprint density at radius 1 is 1.47 bits per heavy atom. The normalized spacial score (nSPS) is 18.4. The number of aromatic carboxylic acids is 1. The molecule has 1 aromatic rings. The van der Waals surface area contributed by atoms with Gasteiger partial charge < -0.3 is 21.1 Å². The van der Waals surface area contributed by atoms with Gasteiger partial charge in [-0.25, -0.2) is 14.0 Å². The molecule has 1 heterocycles. The van der Waals surface area contributed by atoms with Crippen molar-refractivity contribution < 1.29 is 19.1 Å². The van der Waals surface area contributed by atoms with Crippen molar-refractivity contribution in [3.8, 4) is 0 Å². The van der Waals surface area contributed by atoms with Crippen LogP contribution in [0.1, 0.15) is 16.8 Å². The van der Waals surface area contributed by atoms with Crippen LogP contribution in [0.4, 0.5) is 14.9 Å². The zero-order valence-electron chi connectivity index (χ0n) is 10.1. The Morgan fingerprint density at radius 2 is 2.21 bits per heavy atom. The summed E-state index contributed by atoms with van der Waals surface area (Å²) in [6.07, 6.45) is 0.677. The number of anilines is 1. The molecule has 0 aliphatic carbocycles. The van der Waals surface area contributed by atoms with Crippen LogP contribution in [0.25, 0.3) is 0 Å². The number of carboxylic acids is 1. The number of carbonyl (C=O) groups excluding carboxylic acids is 1. The van der Waals surface area contributed by atoms with Crippen molar-refractivity contribution in [1.29, 1.82) is 0 Å². The van der Waals surface area contributed by atoms with Crippen LogP contribution in [0.15, 0.2) is 18.2 Å². The summed E-state index contributed by atoms with van der Waals surface area (Å²) in [5.41, 5.74) is 5.07. The number of hydrogen-bond acceptors (Lipinski definition) is 3. The molecule has 0 spiro atoms. The quantitative estimate of drug-likeness (QED) is 0.747. The molecule has 0 saturated carbocycles. The molecule has 0 bridgehead atoms. The topological polar surface area (TPSA) is 95.7 Å². The molecule has 0 aromatic heterocycles. The first-order chi connectivity index (χ1) is 8.99. The average molecular weight is 267 g/mol. The van der Waals surface area contributed by atoms with E-state index in [2.05, 4.69) is 5.32 Å². The molecule has 2 rings (SSSR count). The minimum Gasteiger partial charge on any atom is -0.478 e. The van der Waals surface area contributed by atoms with Crippen LogP contribution in [0.2, 0.25) is 0 Å². The lowest BCUT2D eigenvalue weighted by molar-refractivity contribution is 0.0697. The summed E-state index contributed by atoms with van der Waals surface area (Å²) in [5, 5.41) is 11.3. The number of benzene rings is 1. The van der Waals surface area contributed by atoms with Crippen molar-refractivity contribution in [2.75, 3.05) is 18.4 Å². The summed E-state index contributed by atoms with van der Waals surface area (Å²) in [5.74, 6) is -2.08. The third-order valence-electron chi connectivity index (χ3n) is 2.99. The highest BCUT2D eigenvalue weighted by molar-refractivity contribution is 6.00. The number of para-hydroxylation sites is 1. The SMILES string of the molecule is NC1CCN(C(=O)Nc2c(F)cccc2C(=O)O)C1. The fourth-order valence-corrected chi connectivity index (χ4v) is 1.99. The molecule has 1 saturated heterocycles. The maximum atomic E-state index is 13.6. The zero-order chi connectivity index (χ0) is 14.0. The van der Waals surface area contributed by atoms with Gasteiger partial charge >= 0.3 is 12.0 Å². The van der Waals surface area contributed by atoms with Gasteiger partial charge in [-0.3, -0.25) is 0 Å². The predicted molar refractivity (Wildman–Crippen MR) is 66.5 cm³/mol. The Kier molecular flexibility index (Phi) is 3.66. The van der Waals surface area contributed by atoms with Crippen LogP contribution in [-0.4, -0.2) is 41.1 Å². The molecule has 19 heavy (non-hydrogen) atoms. The molecule has 1 fully saturated rings. The second-order valence-corrected chi connectivity index (χ2v) is 4.39. The van der Waals surface area contributed by atoms with E-state index in [9.17, 15) is 14.0 Å². The summed E-state index contributed by atoms with van der Waals surface area (Å²) in [6, 6.07) is 2.97. The molecular formula is C12H14FN3O3. The Morgan fingerprint density at radius 3 is 2.79 bits per heavy atom. The van der Waals surface area contributed by atoms with E-state index in [1.165, 1.54) is 17.0 Å². The summed E-state index contributed by atoms with van der Waals surface area (Å²) in [7, 11) is 0. The van der Waals surface area contributed by atoms with Crippen molar-refractivity contribution >= 4 is 17.7 Å². The molecule has 1 aliphatic rings. The Hall–Kier alpha value is -2.15. The molecule has 6 nitrogen and oxygen atoms in total. The molecule has 4 N–H and O–H groups in total. The van der Waals surface area contributed by atoms with Gasteiger partial charge in [0.05, 0.1) is 11.3 Å². The predicted octanol–water partition coefficient (Wildman–Crippen LogP) is 1.09. The van der Waals surface area contributed by atoms with E-state index in [1.807, 2.05) is 0 Å². The molecular weight excluding hydrogens is 253 g/mol. The van der Waals surface area contributed by atoms with Crippen LogP contribution in [0.5, 0.6) is 0 Å². The van der Waals surface area contributed by atoms with Gasteiger partial charge in [0.2, 0.25) is 0 Å². The fraction of sp³-hybridized carbons (Fsp3) is 0.333. The van der Waals surface area contributed by atoms with Crippen molar-refractivity contribution in [2.45, 2.75) is 12.5 Å². The summed E-state index contributed by atoms with van der Waals surface area (Å²) >= 11 is 0. The monoisotopic (exact) mass is 267 g/mol. The number of carbonyl (C=O) groups is 2. The van der Waals surface area contributed by atoms with E-state index in [1.54, 1.807) is 0 Å². The van der Waals surface area contributed by atoms with E-state index >= 15 is 0 Å². The summed E-state index contributed by atoms with van der Waals surface area (Å²) in [6.45, 7) is 0.854. The van der Waals surface area contributed by atoms with Crippen LogP contribution in [0, 0.1) is 5.82 Å². The fourth-order valence-electron chi connectivity index (χ4n) is 1.99. The molecule has 1 aromatic carbocycles. The molecule has 0 radical (unpaired) electrons. The highest BCUT2D eigenvalue weighted by Gasteiger charge is 2.25. The van der Waals surface area contributed by atoms with Crippen molar-refractivity contribution in [3.63, 3.8) is 0 Å². The summed E-state index contributed by atoms with van der Waals surface area (Å²) < 4.78 is 13.6. The van der Waals surface area contributed by atoms with E-state index < -0.39 is 17.8 Å². The highest BCUT2D eigenvalue weighted by Crippen LogP contribution is 2.21. The zero-order valence-corrected chi connectivity index (χ0v) is 10.1. The third kappa shape index (κ3) is 2.82. The lowest BCUT2D eigenvalue weighted by Gasteiger charge is -2.17. The van der Waals surface area contributed by atoms with E-state index in [0.29, 0.717) is 19.5 Å². The molecule has 1 unspecified atom stereocenters. The maximum Gasteiger partial charge on any atom is 0.337 e.